The maximum absolute atomic E-state index is 12.8. The lowest BCUT2D eigenvalue weighted by Crippen LogP contribution is -2.24. The molecule has 0 bridgehead atoms. The van der Waals surface area contributed by atoms with Crippen LogP contribution in [0.5, 0.6) is 0 Å². The largest absolute Gasteiger partial charge is 0.416 e. The van der Waals surface area contributed by atoms with Crippen LogP contribution in [-0.2, 0) is 6.18 Å². The number of halogens is 3. The molecule has 1 aromatic carbocycles. The molecule has 96 valence electrons. The van der Waals surface area contributed by atoms with E-state index in [0.717, 1.165) is 11.8 Å². The van der Waals surface area contributed by atoms with Crippen molar-refractivity contribution < 1.29 is 13.2 Å². The van der Waals surface area contributed by atoms with Gasteiger partial charge in [-0.05, 0) is 24.8 Å². The summed E-state index contributed by atoms with van der Waals surface area (Å²) in [7, 11) is 0. The van der Waals surface area contributed by atoms with Crippen molar-refractivity contribution in [2.24, 2.45) is 0 Å². The van der Waals surface area contributed by atoms with E-state index in [4.69, 9.17) is 0 Å². The van der Waals surface area contributed by atoms with Crippen molar-refractivity contribution in [1.29, 1.82) is 0 Å². The van der Waals surface area contributed by atoms with Gasteiger partial charge in [0.2, 0.25) is 0 Å². The Kier molecular flexibility index (Phi) is 5.33. The molecule has 0 saturated carbocycles. The molecule has 1 aromatic rings. The molecule has 1 N–H and O–H groups in total. The van der Waals surface area contributed by atoms with E-state index >= 15 is 0 Å². The van der Waals surface area contributed by atoms with E-state index < -0.39 is 11.7 Å². The summed E-state index contributed by atoms with van der Waals surface area (Å²) in [6, 6.07) is 5.42. The van der Waals surface area contributed by atoms with Crippen LogP contribution in [0.3, 0.4) is 0 Å². The summed E-state index contributed by atoms with van der Waals surface area (Å²) in [5, 5.41) is 3.09. The molecule has 0 aliphatic rings. The van der Waals surface area contributed by atoms with E-state index in [1.807, 2.05) is 6.26 Å². The minimum Gasteiger partial charge on any atom is -0.309 e. The molecule has 0 radical (unpaired) electrons. The third-order valence-corrected chi connectivity index (χ3v) is 3.10. The van der Waals surface area contributed by atoms with Crippen LogP contribution in [0.15, 0.2) is 24.3 Å². The Morgan fingerprint density at radius 1 is 1.29 bits per heavy atom. The minimum absolute atomic E-state index is 0.292. The minimum atomic E-state index is -4.29. The van der Waals surface area contributed by atoms with Crippen LogP contribution in [0, 0.1) is 0 Å². The van der Waals surface area contributed by atoms with Gasteiger partial charge in [-0.2, -0.15) is 24.9 Å². The normalized spacial score (nSPS) is 13.7. The Bertz CT molecular complexity index is 352. The molecule has 1 rings (SSSR count). The highest BCUT2D eigenvalue weighted by atomic mass is 32.2. The second kappa shape index (κ2) is 6.31. The Morgan fingerprint density at radius 3 is 2.53 bits per heavy atom. The molecule has 0 aliphatic heterocycles. The van der Waals surface area contributed by atoms with E-state index in [9.17, 15) is 13.2 Å². The number of alkyl halides is 3. The molecule has 17 heavy (non-hydrogen) atoms. The highest BCUT2D eigenvalue weighted by molar-refractivity contribution is 7.98. The predicted molar refractivity (Wildman–Crippen MR) is 66.2 cm³/mol. The zero-order valence-electron chi connectivity index (χ0n) is 9.84. The van der Waals surface area contributed by atoms with Gasteiger partial charge in [-0.25, -0.2) is 0 Å². The van der Waals surface area contributed by atoms with E-state index in [-0.39, 0.29) is 6.04 Å². The van der Waals surface area contributed by atoms with Gasteiger partial charge in [0.25, 0.3) is 0 Å². The first-order valence-corrected chi connectivity index (χ1v) is 6.74. The SMILES string of the molecule is CSCCNC(C)c1ccccc1C(F)(F)F. The maximum atomic E-state index is 12.8. The second-order valence-electron chi connectivity index (χ2n) is 3.75. The van der Waals surface area contributed by atoms with Gasteiger partial charge in [0.05, 0.1) is 5.56 Å². The summed E-state index contributed by atoms with van der Waals surface area (Å²) in [5.74, 6) is 0.887. The quantitative estimate of drug-likeness (QED) is 0.813. The van der Waals surface area contributed by atoms with E-state index in [2.05, 4.69) is 5.32 Å². The van der Waals surface area contributed by atoms with Crippen molar-refractivity contribution in [1.82, 2.24) is 5.32 Å². The molecule has 5 heteroatoms. The van der Waals surface area contributed by atoms with Crippen molar-refractivity contribution in [3.8, 4) is 0 Å². The highest BCUT2D eigenvalue weighted by Gasteiger charge is 2.33. The van der Waals surface area contributed by atoms with Crippen molar-refractivity contribution in [3.63, 3.8) is 0 Å². The van der Waals surface area contributed by atoms with Gasteiger partial charge in [0.15, 0.2) is 0 Å². The van der Waals surface area contributed by atoms with Crippen LogP contribution in [0.25, 0.3) is 0 Å². The average Bonchev–Trinajstić information content (AvgIpc) is 2.28. The van der Waals surface area contributed by atoms with Gasteiger partial charge >= 0.3 is 6.18 Å². The molecule has 0 aliphatic carbocycles. The molecule has 1 nitrogen and oxygen atoms in total. The summed E-state index contributed by atoms with van der Waals surface area (Å²) in [5.41, 5.74) is -0.245. The van der Waals surface area contributed by atoms with Gasteiger partial charge in [0.1, 0.15) is 0 Å². The monoisotopic (exact) mass is 263 g/mol. The molecular formula is C12H16F3NS. The lowest BCUT2D eigenvalue weighted by Gasteiger charge is -2.19. The average molecular weight is 263 g/mol. The highest BCUT2D eigenvalue weighted by Crippen LogP contribution is 2.34. The third-order valence-electron chi connectivity index (χ3n) is 2.49. The third kappa shape index (κ3) is 4.24. The Morgan fingerprint density at radius 2 is 1.94 bits per heavy atom. The molecule has 0 aromatic heterocycles. The molecule has 1 atom stereocenters. The van der Waals surface area contributed by atoms with Gasteiger partial charge in [-0.15, -0.1) is 0 Å². The van der Waals surface area contributed by atoms with Crippen LogP contribution in [0.2, 0.25) is 0 Å². The fourth-order valence-electron chi connectivity index (χ4n) is 1.62. The lowest BCUT2D eigenvalue weighted by molar-refractivity contribution is -0.138. The molecule has 0 amide bonds. The van der Waals surface area contributed by atoms with E-state index in [0.29, 0.717) is 12.1 Å². The molecule has 0 fully saturated rings. The zero-order valence-corrected chi connectivity index (χ0v) is 10.7. The summed E-state index contributed by atoms with van der Waals surface area (Å²) >= 11 is 1.66. The molecule has 0 spiro atoms. The van der Waals surface area contributed by atoms with E-state index in [1.54, 1.807) is 24.8 Å². The first-order chi connectivity index (χ1) is 7.96. The fraction of sp³-hybridized carbons (Fsp3) is 0.500. The number of rotatable bonds is 5. The zero-order chi connectivity index (χ0) is 12.9. The Balaban J connectivity index is 2.82. The Hall–Kier alpha value is -0.680. The van der Waals surface area contributed by atoms with Crippen molar-refractivity contribution in [3.05, 3.63) is 35.4 Å². The van der Waals surface area contributed by atoms with Crippen LogP contribution >= 0.6 is 11.8 Å². The van der Waals surface area contributed by atoms with Crippen LogP contribution in [0.4, 0.5) is 13.2 Å². The predicted octanol–water partition coefficient (Wildman–Crippen LogP) is 3.72. The van der Waals surface area contributed by atoms with Gasteiger partial charge in [0, 0.05) is 18.3 Å². The number of thioether (sulfide) groups is 1. The van der Waals surface area contributed by atoms with Crippen molar-refractivity contribution in [2.75, 3.05) is 18.6 Å². The van der Waals surface area contributed by atoms with Gasteiger partial charge in [-0.3, -0.25) is 0 Å². The van der Waals surface area contributed by atoms with Crippen LogP contribution in [-0.4, -0.2) is 18.6 Å². The number of hydrogen-bond donors (Lipinski definition) is 1. The summed E-state index contributed by atoms with van der Waals surface area (Å²) in [4.78, 5) is 0. The first kappa shape index (κ1) is 14.4. The number of benzene rings is 1. The van der Waals surface area contributed by atoms with Crippen molar-refractivity contribution >= 4 is 11.8 Å². The first-order valence-electron chi connectivity index (χ1n) is 5.35. The Labute approximate surface area is 104 Å². The molecule has 0 saturated heterocycles. The van der Waals surface area contributed by atoms with Crippen LogP contribution in [0.1, 0.15) is 24.1 Å². The fourth-order valence-corrected chi connectivity index (χ4v) is 1.94. The second-order valence-corrected chi connectivity index (χ2v) is 4.74. The smallest absolute Gasteiger partial charge is 0.309 e. The van der Waals surface area contributed by atoms with Gasteiger partial charge < -0.3 is 5.32 Å². The lowest BCUT2D eigenvalue weighted by atomic mass is 10.0. The molecule has 0 heterocycles. The maximum Gasteiger partial charge on any atom is 0.416 e. The summed E-state index contributed by atoms with van der Waals surface area (Å²) in [6.07, 6.45) is -2.32. The molecular weight excluding hydrogens is 247 g/mol. The summed E-state index contributed by atoms with van der Waals surface area (Å²) in [6.45, 7) is 2.46. The van der Waals surface area contributed by atoms with Crippen molar-refractivity contribution in [2.45, 2.75) is 19.1 Å². The van der Waals surface area contributed by atoms with Crippen LogP contribution < -0.4 is 5.32 Å². The van der Waals surface area contributed by atoms with E-state index in [1.165, 1.54) is 12.1 Å². The molecule has 1 unspecified atom stereocenters. The standard InChI is InChI=1S/C12H16F3NS/c1-9(16-7-8-17-2)10-5-3-4-6-11(10)12(13,14)15/h3-6,9,16H,7-8H2,1-2H3. The summed E-state index contributed by atoms with van der Waals surface area (Å²) < 4.78 is 38.3. The number of hydrogen-bond acceptors (Lipinski definition) is 2. The topological polar surface area (TPSA) is 12.0 Å². The van der Waals surface area contributed by atoms with Gasteiger partial charge in [-0.1, -0.05) is 18.2 Å². The number of nitrogens with one attached hydrogen (secondary N) is 1.